The summed E-state index contributed by atoms with van der Waals surface area (Å²) in [5, 5.41) is 12.9. The largest absolute Gasteiger partial charge is 0.481 e. The fourth-order valence-corrected chi connectivity index (χ4v) is 1.54. The van der Waals surface area contributed by atoms with E-state index in [2.05, 4.69) is 9.84 Å². The van der Waals surface area contributed by atoms with E-state index < -0.39 is 17.9 Å². The highest BCUT2D eigenvalue weighted by Crippen LogP contribution is 2.23. The van der Waals surface area contributed by atoms with Crippen LogP contribution in [0.15, 0.2) is 6.20 Å². The number of methoxy groups -OCH3 is 1. The number of hydrogen-bond donors (Lipinski definition) is 1. The van der Waals surface area contributed by atoms with Crippen molar-refractivity contribution in [2.24, 2.45) is 7.05 Å². The molecule has 6 heteroatoms. The molecule has 0 radical (unpaired) electrons. The molecule has 16 heavy (non-hydrogen) atoms. The van der Waals surface area contributed by atoms with Gasteiger partial charge in [-0.05, 0) is 6.42 Å². The Morgan fingerprint density at radius 3 is 2.69 bits per heavy atom. The molecule has 1 rings (SSSR count). The van der Waals surface area contributed by atoms with Gasteiger partial charge < -0.3 is 9.84 Å². The van der Waals surface area contributed by atoms with Crippen LogP contribution in [0.25, 0.3) is 0 Å². The molecule has 88 valence electrons. The van der Waals surface area contributed by atoms with Crippen molar-refractivity contribution in [2.75, 3.05) is 7.11 Å². The van der Waals surface area contributed by atoms with E-state index in [4.69, 9.17) is 5.11 Å². The fourth-order valence-electron chi connectivity index (χ4n) is 1.54. The van der Waals surface area contributed by atoms with Gasteiger partial charge in [0.15, 0.2) is 5.69 Å². The number of carboxylic acids is 1. The van der Waals surface area contributed by atoms with Gasteiger partial charge in [-0.2, -0.15) is 5.10 Å². The topological polar surface area (TPSA) is 81.4 Å². The summed E-state index contributed by atoms with van der Waals surface area (Å²) in [7, 11) is 2.87. The zero-order valence-electron chi connectivity index (χ0n) is 9.43. The van der Waals surface area contributed by atoms with Crippen molar-refractivity contribution >= 4 is 11.9 Å². The predicted molar refractivity (Wildman–Crippen MR) is 55.2 cm³/mol. The zero-order valence-corrected chi connectivity index (χ0v) is 9.43. The molecular weight excluding hydrogens is 212 g/mol. The number of nitrogens with zero attached hydrogens (tertiary/aromatic N) is 2. The van der Waals surface area contributed by atoms with E-state index in [1.165, 1.54) is 18.0 Å². The average Bonchev–Trinajstić information content (AvgIpc) is 2.60. The van der Waals surface area contributed by atoms with Gasteiger partial charge in [-0.1, -0.05) is 6.92 Å². The van der Waals surface area contributed by atoms with Crippen molar-refractivity contribution < 1.29 is 19.4 Å². The van der Waals surface area contributed by atoms with Crippen LogP contribution >= 0.6 is 0 Å². The second-order valence-corrected chi connectivity index (χ2v) is 3.40. The Bertz CT molecular complexity index is 411. The maximum atomic E-state index is 11.4. The fraction of sp³-hybridized carbons (Fsp3) is 0.500. The van der Waals surface area contributed by atoms with Crippen molar-refractivity contribution in [1.29, 1.82) is 0 Å². The lowest BCUT2D eigenvalue weighted by molar-refractivity contribution is -0.138. The Morgan fingerprint density at radius 2 is 2.25 bits per heavy atom. The van der Waals surface area contributed by atoms with Gasteiger partial charge in [0.25, 0.3) is 0 Å². The first-order valence-corrected chi connectivity index (χ1v) is 4.85. The van der Waals surface area contributed by atoms with Gasteiger partial charge in [-0.25, -0.2) is 4.79 Å². The third-order valence-electron chi connectivity index (χ3n) is 2.32. The Morgan fingerprint density at radius 1 is 1.62 bits per heavy atom. The van der Waals surface area contributed by atoms with Crippen LogP contribution in [0.5, 0.6) is 0 Å². The lowest BCUT2D eigenvalue weighted by Gasteiger charge is -2.08. The number of carbonyl (C=O) groups is 2. The van der Waals surface area contributed by atoms with Crippen molar-refractivity contribution in [3.8, 4) is 0 Å². The van der Waals surface area contributed by atoms with Gasteiger partial charge in [0, 0.05) is 18.8 Å². The molecular formula is C10H14N2O4. The Labute approximate surface area is 92.8 Å². The van der Waals surface area contributed by atoms with Crippen LogP contribution in [0.1, 0.15) is 35.3 Å². The van der Waals surface area contributed by atoms with Crippen molar-refractivity contribution in [3.05, 3.63) is 17.5 Å². The smallest absolute Gasteiger partial charge is 0.358 e. The van der Waals surface area contributed by atoms with Crippen LogP contribution in [-0.2, 0) is 16.6 Å². The molecule has 0 aliphatic rings. The third-order valence-corrected chi connectivity index (χ3v) is 2.32. The molecule has 0 aliphatic carbocycles. The maximum Gasteiger partial charge on any atom is 0.358 e. The number of carbonyl (C=O) groups excluding carboxylic acids is 1. The van der Waals surface area contributed by atoms with Crippen LogP contribution in [0.4, 0.5) is 0 Å². The lowest BCUT2D eigenvalue weighted by atomic mass is 9.97. The van der Waals surface area contributed by atoms with E-state index in [0.717, 1.165) is 0 Å². The monoisotopic (exact) mass is 226 g/mol. The number of ether oxygens (including phenoxy) is 1. The van der Waals surface area contributed by atoms with Crippen molar-refractivity contribution in [2.45, 2.75) is 19.3 Å². The van der Waals surface area contributed by atoms with E-state index in [0.29, 0.717) is 12.0 Å². The summed E-state index contributed by atoms with van der Waals surface area (Å²) in [6, 6.07) is 0. The molecule has 0 aliphatic heterocycles. The van der Waals surface area contributed by atoms with Crippen molar-refractivity contribution in [1.82, 2.24) is 9.78 Å². The second kappa shape index (κ2) is 4.78. The Kier molecular flexibility index (Phi) is 3.65. The van der Waals surface area contributed by atoms with Crippen LogP contribution in [0, 0.1) is 0 Å². The molecule has 0 fully saturated rings. The molecule has 0 saturated heterocycles. The van der Waals surface area contributed by atoms with E-state index in [-0.39, 0.29) is 5.69 Å². The molecule has 1 aromatic rings. The third kappa shape index (κ3) is 2.21. The normalized spacial score (nSPS) is 12.2. The first-order valence-electron chi connectivity index (χ1n) is 4.85. The van der Waals surface area contributed by atoms with E-state index in [1.807, 2.05) is 0 Å². The number of aliphatic carboxylic acids is 1. The minimum atomic E-state index is -0.972. The van der Waals surface area contributed by atoms with E-state index >= 15 is 0 Å². The minimum Gasteiger partial charge on any atom is -0.481 e. The van der Waals surface area contributed by atoms with Gasteiger partial charge in [0.2, 0.25) is 0 Å². The summed E-state index contributed by atoms with van der Waals surface area (Å²) in [5.41, 5.74) is 0.462. The van der Waals surface area contributed by atoms with Gasteiger partial charge in [-0.3, -0.25) is 9.48 Å². The lowest BCUT2D eigenvalue weighted by Crippen LogP contribution is -2.14. The molecule has 0 aromatic carbocycles. The number of carboxylic acid groups (broad SMARTS) is 1. The van der Waals surface area contributed by atoms with E-state index in [9.17, 15) is 9.59 Å². The molecule has 6 nitrogen and oxygen atoms in total. The molecule has 1 heterocycles. The van der Waals surface area contributed by atoms with Gasteiger partial charge in [0.1, 0.15) is 0 Å². The minimum absolute atomic E-state index is 0.0688. The van der Waals surface area contributed by atoms with Crippen LogP contribution in [-0.4, -0.2) is 33.9 Å². The first-order chi connectivity index (χ1) is 7.51. The summed E-state index contributed by atoms with van der Waals surface area (Å²) in [6.07, 6.45) is 1.93. The summed E-state index contributed by atoms with van der Waals surface area (Å²) >= 11 is 0. The second-order valence-electron chi connectivity index (χ2n) is 3.40. The first kappa shape index (κ1) is 12.2. The highest BCUT2D eigenvalue weighted by molar-refractivity contribution is 5.91. The summed E-state index contributed by atoms with van der Waals surface area (Å²) in [6.45, 7) is 1.74. The number of aryl methyl sites for hydroxylation is 1. The SMILES string of the molecule is CCC(C(=O)O)c1cn(C)nc1C(=O)OC. The predicted octanol–water partition coefficient (Wildman–Crippen LogP) is 0.785. The zero-order chi connectivity index (χ0) is 12.3. The molecule has 1 aromatic heterocycles. The highest BCUT2D eigenvalue weighted by atomic mass is 16.5. The van der Waals surface area contributed by atoms with Crippen LogP contribution < -0.4 is 0 Å². The van der Waals surface area contributed by atoms with Crippen LogP contribution in [0.2, 0.25) is 0 Å². The molecule has 0 spiro atoms. The molecule has 0 saturated carbocycles. The Balaban J connectivity index is 3.20. The van der Waals surface area contributed by atoms with Gasteiger partial charge in [0.05, 0.1) is 13.0 Å². The standard InChI is InChI=1S/C10H14N2O4/c1-4-6(9(13)14)7-5-12(2)11-8(7)10(15)16-3/h5-6H,4H2,1-3H3,(H,13,14). The summed E-state index contributed by atoms with van der Waals surface area (Å²) in [5.74, 6) is -2.32. The highest BCUT2D eigenvalue weighted by Gasteiger charge is 2.27. The number of rotatable bonds is 4. The van der Waals surface area contributed by atoms with Crippen molar-refractivity contribution in [3.63, 3.8) is 0 Å². The number of hydrogen-bond acceptors (Lipinski definition) is 4. The number of esters is 1. The quantitative estimate of drug-likeness (QED) is 0.767. The molecule has 1 N–H and O–H groups in total. The van der Waals surface area contributed by atoms with E-state index in [1.54, 1.807) is 14.0 Å². The average molecular weight is 226 g/mol. The van der Waals surface area contributed by atoms with Gasteiger partial charge in [-0.15, -0.1) is 0 Å². The molecule has 1 unspecified atom stereocenters. The summed E-state index contributed by atoms with van der Waals surface area (Å²) in [4.78, 5) is 22.4. The molecule has 1 atom stereocenters. The van der Waals surface area contributed by atoms with Gasteiger partial charge >= 0.3 is 11.9 Å². The Hall–Kier alpha value is -1.85. The molecule has 0 bridgehead atoms. The maximum absolute atomic E-state index is 11.4. The molecule has 0 amide bonds. The van der Waals surface area contributed by atoms with Crippen LogP contribution in [0.3, 0.4) is 0 Å². The number of aromatic nitrogens is 2. The summed E-state index contributed by atoms with van der Waals surface area (Å²) < 4.78 is 5.97.